The third kappa shape index (κ3) is 2.90. The van der Waals surface area contributed by atoms with Crippen molar-refractivity contribution in [1.82, 2.24) is 4.98 Å². The lowest BCUT2D eigenvalue weighted by Gasteiger charge is -2.36. The molecule has 0 aliphatic carbocycles. The normalized spacial score (nSPS) is 22.6. The van der Waals surface area contributed by atoms with Crippen LogP contribution in [0.5, 0.6) is 0 Å². The fourth-order valence-corrected chi connectivity index (χ4v) is 2.73. The van der Waals surface area contributed by atoms with Gasteiger partial charge in [0.25, 0.3) is 0 Å². The lowest BCUT2D eigenvalue weighted by Crippen LogP contribution is -2.47. The van der Waals surface area contributed by atoms with Gasteiger partial charge in [-0.2, -0.15) is 0 Å². The van der Waals surface area contributed by atoms with Crippen molar-refractivity contribution in [2.75, 3.05) is 11.4 Å². The SMILES string of the molecule is CC1CCN(c2ncc(Br)cc2[N+](=O)[O-])C(C(=O)O)C1. The van der Waals surface area contributed by atoms with E-state index in [4.69, 9.17) is 0 Å². The van der Waals surface area contributed by atoms with E-state index in [9.17, 15) is 20.0 Å². The molecule has 0 spiro atoms. The van der Waals surface area contributed by atoms with Crippen molar-refractivity contribution >= 4 is 33.4 Å². The Bertz CT molecular complexity index is 552. The Morgan fingerprint density at radius 1 is 1.65 bits per heavy atom. The first-order chi connectivity index (χ1) is 9.40. The summed E-state index contributed by atoms with van der Waals surface area (Å²) < 4.78 is 0.491. The molecule has 2 heterocycles. The fraction of sp³-hybridized carbons (Fsp3) is 0.500. The summed E-state index contributed by atoms with van der Waals surface area (Å²) in [5.74, 6) is -0.574. The van der Waals surface area contributed by atoms with Gasteiger partial charge in [0.15, 0.2) is 0 Å². The minimum atomic E-state index is -0.976. The van der Waals surface area contributed by atoms with Gasteiger partial charge in [0.05, 0.1) is 4.92 Å². The van der Waals surface area contributed by atoms with Gasteiger partial charge in [0, 0.05) is 23.3 Å². The Labute approximate surface area is 123 Å². The highest BCUT2D eigenvalue weighted by atomic mass is 79.9. The minimum absolute atomic E-state index is 0.123. The van der Waals surface area contributed by atoms with Crippen LogP contribution >= 0.6 is 15.9 Å². The van der Waals surface area contributed by atoms with Gasteiger partial charge in [0.1, 0.15) is 6.04 Å². The van der Waals surface area contributed by atoms with Gasteiger partial charge in [-0.05, 0) is 34.7 Å². The Balaban J connectivity index is 2.43. The third-order valence-corrected chi connectivity index (χ3v) is 3.87. The number of carbonyl (C=O) groups is 1. The molecular formula is C12H14BrN3O4. The maximum atomic E-state index is 11.4. The molecule has 0 amide bonds. The monoisotopic (exact) mass is 343 g/mol. The molecule has 1 saturated heterocycles. The van der Waals surface area contributed by atoms with Crippen LogP contribution < -0.4 is 4.90 Å². The number of rotatable bonds is 3. The summed E-state index contributed by atoms with van der Waals surface area (Å²) in [6, 6.07) is 0.574. The maximum Gasteiger partial charge on any atom is 0.326 e. The fourth-order valence-electron chi connectivity index (χ4n) is 2.41. The predicted octanol–water partition coefficient (Wildman–Crippen LogP) is 2.44. The van der Waals surface area contributed by atoms with Crippen molar-refractivity contribution in [3.05, 3.63) is 26.9 Å². The molecule has 0 saturated carbocycles. The van der Waals surface area contributed by atoms with E-state index in [-0.39, 0.29) is 17.4 Å². The van der Waals surface area contributed by atoms with Crippen LogP contribution in [0.2, 0.25) is 0 Å². The molecule has 2 unspecified atom stereocenters. The molecule has 1 aliphatic rings. The molecule has 0 aromatic carbocycles. The van der Waals surface area contributed by atoms with Crippen molar-refractivity contribution in [3.63, 3.8) is 0 Å². The molecular weight excluding hydrogens is 330 g/mol. The van der Waals surface area contributed by atoms with E-state index in [0.717, 1.165) is 6.42 Å². The van der Waals surface area contributed by atoms with E-state index in [1.165, 1.54) is 17.2 Å². The number of carboxylic acids is 1. The zero-order chi connectivity index (χ0) is 14.9. The van der Waals surface area contributed by atoms with E-state index in [0.29, 0.717) is 17.4 Å². The molecule has 1 aromatic rings. The standard InChI is InChI=1S/C12H14BrN3O4/c1-7-2-3-15(10(4-7)12(17)18)11-9(16(19)20)5-8(13)6-14-11/h5-7,10H,2-4H2,1H3,(H,17,18). The number of hydrogen-bond donors (Lipinski definition) is 1. The summed E-state index contributed by atoms with van der Waals surface area (Å²) in [5.41, 5.74) is -0.180. The first-order valence-corrected chi connectivity index (χ1v) is 6.99. The molecule has 8 heteroatoms. The predicted molar refractivity (Wildman–Crippen MR) is 75.8 cm³/mol. The Hall–Kier alpha value is -1.70. The van der Waals surface area contributed by atoms with Crippen molar-refractivity contribution < 1.29 is 14.8 Å². The second kappa shape index (κ2) is 5.74. The quantitative estimate of drug-likeness (QED) is 0.668. The number of aliphatic carboxylic acids is 1. The lowest BCUT2D eigenvalue weighted by atomic mass is 9.92. The first-order valence-electron chi connectivity index (χ1n) is 6.19. The highest BCUT2D eigenvalue weighted by Gasteiger charge is 2.35. The number of hydrogen-bond acceptors (Lipinski definition) is 5. The lowest BCUT2D eigenvalue weighted by molar-refractivity contribution is -0.384. The molecule has 20 heavy (non-hydrogen) atoms. The number of halogens is 1. The number of carboxylic acid groups (broad SMARTS) is 1. The average molecular weight is 344 g/mol. The zero-order valence-electron chi connectivity index (χ0n) is 10.8. The molecule has 2 rings (SSSR count). The van der Waals surface area contributed by atoms with E-state index < -0.39 is 16.9 Å². The summed E-state index contributed by atoms with van der Waals surface area (Å²) in [6.07, 6.45) is 2.70. The third-order valence-electron chi connectivity index (χ3n) is 3.43. The van der Waals surface area contributed by atoms with Crippen LogP contribution in [0.1, 0.15) is 19.8 Å². The number of pyridine rings is 1. The number of nitrogens with zero attached hydrogens (tertiary/aromatic N) is 3. The van der Waals surface area contributed by atoms with Gasteiger partial charge in [0.2, 0.25) is 5.82 Å². The van der Waals surface area contributed by atoms with Gasteiger partial charge < -0.3 is 10.0 Å². The number of aromatic nitrogens is 1. The smallest absolute Gasteiger partial charge is 0.326 e. The molecule has 108 valence electrons. The first kappa shape index (κ1) is 14.7. The number of anilines is 1. The Morgan fingerprint density at radius 3 is 2.95 bits per heavy atom. The molecule has 7 nitrogen and oxygen atoms in total. The largest absolute Gasteiger partial charge is 0.480 e. The molecule has 1 aliphatic heterocycles. The van der Waals surface area contributed by atoms with Crippen LogP contribution in [-0.4, -0.2) is 33.6 Å². The van der Waals surface area contributed by atoms with Crippen LogP contribution in [0.25, 0.3) is 0 Å². The summed E-state index contributed by atoms with van der Waals surface area (Å²) in [5, 5.41) is 20.5. The summed E-state index contributed by atoms with van der Waals surface area (Å²) in [7, 11) is 0. The van der Waals surface area contributed by atoms with E-state index >= 15 is 0 Å². The molecule has 2 atom stereocenters. The van der Waals surface area contributed by atoms with Gasteiger partial charge in [-0.25, -0.2) is 9.78 Å². The van der Waals surface area contributed by atoms with E-state index in [1.807, 2.05) is 6.92 Å². The number of nitro groups is 1. The molecule has 0 radical (unpaired) electrons. The average Bonchev–Trinajstić information content (AvgIpc) is 2.38. The Kier molecular flexibility index (Phi) is 4.22. The topological polar surface area (TPSA) is 96.6 Å². The van der Waals surface area contributed by atoms with Gasteiger partial charge in [-0.1, -0.05) is 6.92 Å². The van der Waals surface area contributed by atoms with Crippen molar-refractivity contribution in [3.8, 4) is 0 Å². The van der Waals surface area contributed by atoms with Gasteiger partial charge >= 0.3 is 11.7 Å². The summed E-state index contributed by atoms with van der Waals surface area (Å²) >= 11 is 3.14. The highest BCUT2D eigenvalue weighted by Crippen LogP contribution is 2.34. The van der Waals surface area contributed by atoms with Crippen LogP contribution in [0.3, 0.4) is 0 Å². The highest BCUT2D eigenvalue weighted by molar-refractivity contribution is 9.10. The second-order valence-electron chi connectivity index (χ2n) is 4.93. The molecule has 1 aromatic heterocycles. The molecule has 1 N–H and O–H groups in total. The minimum Gasteiger partial charge on any atom is -0.480 e. The summed E-state index contributed by atoms with van der Waals surface area (Å²) in [6.45, 7) is 2.43. The van der Waals surface area contributed by atoms with Crippen LogP contribution in [0, 0.1) is 16.0 Å². The molecule has 0 bridgehead atoms. The van der Waals surface area contributed by atoms with Crippen LogP contribution in [-0.2, 0) is 4.79 Å². The van der Waals surface area contributed by atoms with Crippen molar-refractivity contribution in [2.24, 2.45) is 5.92 Å². The Morgan fingerprint density at radius 2 is 2.35 bits per heavy atom. The van der Waals surface area contributed by atoms with Crippen LogP contribution in [0.4, 0.5) is 11.5 Å². The zero-order valence-corrected chi connectivity index (χ0v) is 12.4. The molecule has 1 fully saturated rings. The maximum absolute atomic E-state index is 11.4. The summed E-state index contributed by atoms with van der Waals surface area (Å²) in [4.78, 5) is 27.5. The van der Waals surface area contributed by atoms with Gasteiger partial charge in [-0.15, -0.1) is 0 Å². The second-order valence-corrected chi connectivity index (χ2v) is 5.85. The van der Waals surface area contributed by atoms with Crippen LogP contribution in [0.15, 0.2) is 16.7 Å². The van der Waals surface area contributed by atoms with E-state index in [2.05, 4.69) is 20.9 Å². The van der Waals surface area contributed by atoms with Gasteiger partial charge in [-0.3, -0.25) is 10.1 Å². The number of piperidine rings is 1. The van der Waals surface area contributed by atoms with Crippen molar-refractivity contribution in [2.45, 2.75) is 25.8 Å². The van der Waals surface area contributed by atoms with E-state index in [1.54, 1.807) is 0 Å². The van der Waals surface area contributed by atoms with Crippen molar-refractivity contribution in [1.29, 1.82) is 0 Å².